The second-order valence-corrected chi connectivity index (χ2v) is 6.52. The van der Waals surface area contributed by atoms with Crippen LogP contribution in [0.2, 0.25) is 10.0 Å². The summed E-state index contributed by atoms with van der Waals surface area (Å²) < 4.78 is 6.78. The van der Waals surface area contributed by atoms with Gasteiger partial charge < -0.3 is 14.6 Å². The molecule has 0 unspecified atom stereocenters. The molecule has 2 rings (SSSR count). The van der Waals surface area contributed by atoms with E-state index in [1.54, 1.807) is 12.1 Å². The van der Waals surface area contributed by atoms with Gasteiger partial charge >= 0.3 is 11.8 Å². The largest absolute Gasteiger partial charge is 0.383 e. The van der Waals surface area contributed by atoms with Crippen LogP contribution in [-0.2, 0) is 14.3 Å². The number of rotatable bonds is 6. The van der Waals surface area contributed by atoms with Gasteiger partial charge in [-0.15, -0.1) is 0 Å². The molecule has 1 aromatic carbocycles. The number of hydrogen-bond donors (Lipinski definition) is 2. The normalized spacial score (nSPS) is 11.0. The summed E-state index contributed by atoms with van der Waals surface area (Å²) in [7, 11) is 1.50. The van der Waals surface area contributed by atoms with Crippen molar-refractivity contribution in [3.8, 4) is 5.69 Å². The highest BCUT2D eigenvalue weighted by atomic mass is 35.5. The lowest BCUT2D eigenvalue weighted by Gasteiger charge is -2.10. The summed E-state index contributed by atoms with van der Waals surface area (Å²) in [6.45, 7) is 4.42. The summed E-state index contributed by atoms with van der Waals surface area (Å²) in [5.41, 5.74) is 5.70. The molecule has 0 aliphatic carbocycles. The van der Waals surface area contributed by atoms with E-state index in [0.29, 0.717) is 16.7 Å². The smallest absolute Gasteiger partial charge is 0.329 e. The van der Waals surface area contributed by atoms with Gasteiger partial charge in [-0.05, 0) is 38.1 Å². The van der Waals surface area contributed by atoms with Crippen LogP contribution in [0.15, 0.2) is 29.4 Å². The van der Waals surface area contributed by atoms with Crippen molar-refractivity contribution in [3.05, 3.63) is 51.3 Å². The Kier molecular flexibility index (Phi) is 7.41. The van der Waals surface area contributed by atoms with E-state index in [-0.39, 0.29) is 6.54 Å². The molecular weight excluding hydrogens is 391 g/mol. The first kappa shape index (κ1) is 21.0. The Balaban J connectivity index is 2.10. The van der Waals surface area contributed by atoms with Crippen LogP contribution in [-0.4, -0.2) is 42.9 Å². The van der Waals surface area contributed by atoms with E-state index in [1.807, 2.05) is 30.5 Å². The molecule has 27 heavy (non-hydrogen) atoms. The number of ether oxygens (including phenoxy) is 1. The van der Waals surface area contributed by atoms with Gasteiger partial charge in [0.1, 0.15) is 0 Å². The Labute approximate surface area is 167 Å². The summed E-state index contributed by atoms with van der Waals surface area (Å²) >= 11 is 12.1. The third kappa shape index (κ3) is 5.32. The van der Waals surface area contributed by atoms with E-state index in [1.165, 1.54) is 13.3 Å². The summed E-state index contributed by atoms with van der Waals surface area (Å²) in [6, 6.07) is 7.28. The topological polar surface area (TPSA) is 84.7 Å². The van der Waals surface area contributed by atoms with Crippen LogP contribution in [0.1, 0.15) is 17.0 Å². The highest BCUT2D eigenvalue weighted by Crippen LogP contribution is 2.27. The lowest BCUT2D eigenvalue weighted by atomic mass is 10.2. The minimum absolute atomic E-state index is 0.247. The maximum absolute atomic E-state index is 11.7. The van der Waals surface area contributed by atoms with E-state index in [4.69, 9.17) is 27.9 Å². The molecule has 2 amide bonds. The molecule has 0 saturated heterocycles. The maximum Gasteiger partial charge on any atom is 0.329 e. The molecular formula is C18H20Cl2N4O3. The molecule has 7 nitrogen and oxygen atoms in total. The molecule has 1 aromatic heterocycles. The number of benzene rings is 1. The number of hydrazone groups is 1. The van der Waals surface area contributed by atoms with Gasteiger partial charge in [-0.2, -0.15) is 5.10 Å². The number of methoxy groups -OCH3 is 1. The molecule has 0 spiro atoms. The van der Waals surface area contributed by atoms with Gasteiger partial charge in [-0.25, -0.2) is 5.43 Å². The van der Waals surface area contributed by atoms with Crippen molar-refractivity contribution in [1.29, 1.82) is 0 Å². The van der Waals surface area contributed by atoms with Crippen molar-refractivity contribution >= 4 is 41.2 Å². The van der Waals surface area contributed by atoms with E-state index in [0.717, 1.165) is 22.6 Å². The van der Waals surface area contributed by atoms with Crippen LogP contribution < -0.4 is 10.7 Å². The molecule has 0 fully saturated rings. The molecule has 0 saturated carbocycles. The number of carbonyl (C=O) groups excluding carboxylic acids is 2. The average molecular weight is 411 g/mol. The molecule has 2 N–H and O–H groups in total. The van der Waals surface area contributed by atoms with Crippen LogP contribution in [0.3, 0.4) is 0 Å². The van der Waals surface area contributed by atoms with Crippen molar-refractivity contribution in [3.63, 3.8) is 0 Å². The Morgan fingerprint density at radius 2 is 1.93 bits per heavy atom. The fourth-order valence-electron chi connectivity index (χ4n) is 2.50. The van der Waals surface area contributed by atoms with Crippen molar-refractivity contribution in [2.24, 2.45) is 5.10 Å². The van der Waals surface area contributed by atoms with Gasteiger partial charge in [0.2, 0.25) is 0 Å². The second kappa shape index (κ2) is 9.55. The number of aryl methyl sites for hydroxylation is 1. The number of nitrogens with zero attached hydrogens (tertiary/aromatic N) is 2. The highest BCUT2D eigenvalue weighted by Gasteiger charge is 2.13. The SMILES string of the molecule is COCCNC(=O)C(=O)N/N=C\c1cc(C)n(-c2ccc(Cl)c(Cl)c2)c1C. The zero-order chi connectivity index (χ0) is 20.0. The van der Waals surface area contributed by atoms with Gasteiger partial charge in [-0.1, -0.05) is 23.2 Å². The zero-order valence-electron chi connectivity index (χ0n) is 15.2. The molecule has 0 atom stereocenters. The van der Waals surface area contributed by atoms with Crippen LogP contribution in [0.4, 0.5) is 0 Å². The molecule has 0 bridgehead atoms. The summed E-state index contributed by atoms with van der Waals surface area (Å²) in [5.74, 6) is -1.62. The number of halogens is 2. The predicted molar refractivity (Wildman–Crippen MR) is 106 cm³/mol. The Hall–Kier alpha value is -2.35. The van der Waals surface area contributed by atoms with Crippen LogP contribution in [0.25, 0.3) is 5.69 Å². The first-order chi connectivity index (χ1) is 12.8. The summed E-state index contributed by atoms with van der Waals surface area (Å²) in [4.78, 5) is 23.2. The van der Waals surface area contributed by atoms with Crippen molar-refractivity contribution in [2.75, 3.05) is 20.3 Å². The fraction of sp³-hybridized carbons (Fsp3) is 0.278. The highest BCUT2D eigenvalue weighted by molar-refractivity contribution is 6.42. The first-order valence-corrected chi connectivity index (χ1v) is 8.85. The third-order valence-electron chi connectivity index (χ3n) is 3.80. The maximum atomic E-state index is 11.7. The Morgan fingerprint density at radius 3 is 2.59 bits per heavy atom. The number of nitrogens with one attached hydrogen (secondary N) is 2. The van der Waals surface area contributed by atoms with Gasteiger partial charge in [0.15, 0.2) is 0 Å². The molecule has 2 aromatic rings. The predicted octanol–water partition coefficient (Wildman–Crippen LogP) is 2.61. The van der Waals surface area contributed by atoms with Gasteiger partial charge in [0.05, 0.1) is 22.9 Å². The minimum Gasteiger partial charge on any atom is -0.383 e. The van der Waals surface area contributed by atoms with Gasteiger partial charge in [0, 0.05) is 36.3 Å². The quantitative estimate of drug-likeness (QED) is 0.332. The van der Waals surface area contributed by atoms with Crippen LogP contribution >= 0.6 is 23.2 Å². The van der Waals surface area contributed by atoms with Crippen molar-refractivity contribution < 1.29 is 14.3 Å². The Morgan fingerprint density at radius 1 is 1.19 bits per heavy atom. The number of carbonyl (C=O) groups is 2. The molecule has 0 aliphatic rings. The fourth-order valence-corrected chi connectivity index (χ4v) is 2.79. The zero-order valence-corrected chi connectivity index (χ0v) is 16.7. The standard InChI is InChI=1S/C18H20Cl2N4O3/c1-11-8-13(10-22-23-18(26)17(25)21-6-7-27-3)12(2)24(11)14-4-5-15(19)16(20)9-14/h4-5,8-10H,6-7H2,1-3H3,(H,21,25)(H,23,26)/b22-10-. The minimum atomic E-state index is -0.847. The van der Waals surface area contributed by atoms with Crippen LogP contribution in [0.5, 0.6) is 0 Å². The monoisotopic (exact) mass is 410 g/mol. The van der Waals surface area contributed by atoms with E-state index >= 15 is 0 Å². The average Bonchev–Trinajstić information content (AvgIpc) is 2.91. The van der Waals surface area contributed by atoms with Gasteiger partial charge in [0.25, 0.3) is 0 Å². The molecule has 0 radical (unpaired) electrons. The second-order valence-electron chi connectivity index (χ2n) is 5.71. The summed E-state index contributed by atoms with van der Waals surface area (Å²) in [5, 5.41) is 7.21. The van der Waals surface area contributed by atoms with E-state index in [9.17, 15) is 9.59 Å². The number of hydrogen-bond acceptors (Lipinski definition) is 4. The molecule has 0 aliphatic heterocycles. The third-order valence-corrected chi connectivity index (χ3v) is 4.54. The summed E-state index contributed by atoms with van der Waals surface area (Å²) in [6.07, 6.45) is 1.48. The Bertz CT molecular complexity index is 878. The molecule has 9 heteroatoms. The van der Waals surface area contributed by atoms with Crippen LogP contribution in [0, 0.1) is 13.8 Å². The van der Waals surface area contributed by atoms with E-state index in [2.05, 4.69) is 15.8 Å². The lowest BCUT2D eigenvalue weighted by Crippen LogP contribution is -2.39. The number of amides is 2. The molecule has 1 heterocycles. The number of aromatic nitrogens is 1. The van der Waals surface area contributed by atoms with Crippen molar-refractivity contribution in [1.82, 2.24) is 15.3 Å². The first-order valence-electron chi connectivity index (χ1n) is 8.09. The lowest BCUT2D eigenvalue weighted by molar-refractivity contribution is -0.139. The van der Waals surface area contributed by atoms with Crippen molar-refractivity contribution in [2.45, 2.75) is 13.8 Å². The van der Waals surface area contributed by atoms with Gasteiger partial charge in [-0.3, -0.25) is 9.59 Å². The van der Waals surface area contributed by atoms with E-state index < -0.39 is 11.8 Å². The molecule has 144 valence electrons.